The molecule has 1 aliphatic rings. The van der Waals surface area contributed by atoms with Gasteiger partial charge in [0, 0.05) is 13.1 Å². The van der Waals surface area contributed by atoms with Crippen LogP contribution in [0.1, 0.15) is 12.5 Å². The Labute approximate surface area is 166 Å². The lowest BCUT2D eigenvalue weighted by Crippen LogP contribution is -2.45. The van der Waals surface area contributed by atoms with Crippen LogP contribution in [-0.4, -0.2) is 56.8 Å². The Bertz CT molecular complexity index is 781. The van der Waals surface area contributed by atoms with Crippen molar-refractivity contribution in [3.05, 3.63) is 54.1 Å². The molecule has 28 heavy (non-hydrogen) atoms. The molecule has 1 N–H and O–H groups in total. The monoisotopic (exact) mass is 384 g/mol. The van der Waals surface area contributed by atoms with Crippen molar-refractivity contribution in [1.82, 2.24) is 10.2 Å². The molecule has 1 aliphatic heterocycles. The van der Waals surface area contributed by atoms with Gasteiger partial charge in [0.2, 0.25) is 5.91 Å². The number of nitrogens with one attached hydrogen (secondary N) is 1. The van der Waals surface area contributed by atoms with Gasteiger partial charge in [0.15, 0.2) is 11.5 Å². The fourth-order valence-corrected chi connectivity index (χ4v) is 3.25. The average Bonchev–Trinajstić information content (AvgIpc) is 2.73. The highest BCUT2D eigenvalue weighted by atomic mass is 16.6. The second kappa shape index (κ2) is 9.99. The number of likely N-dealkylation sites (N-methyl/N-ethyl adjacent to an activating group) is 1. The van der Waals surface area contributed by atoms with Crippen LogP contribution in [0.25, 0.3) is 0 Å². The summed E-state index contributed by atoms with van der Waals surface area (Å²) >= 11 is 0. The molecule has 1 unspecified atom stereocenters. The lowest BCUT2D eigenvalue weighted by molar-refractivity contribution is -0.122. The smallest absolute Gasteiger partial charge is 0.234 e. The van der Waals surface area contributed by atoms with Crippen molar-refractivity contribution >= 4 is 5.91 Å². The zero-order valence-corrected chi connectivity index (χ0v) is 16.5. The number of nitrogens with zero attached hydrogens (tertiary/aromatic N) is 1. The predicted octanol–water partition coefficient (Wildman–Crippen LogP) is 2.52. The number of hydrogen-bond donors (Lipinski definition) is 1. The number of rotatable bonds is 9. The fraction of sp³-hybridized carbons (Fsp3) is 0.409. The molecule has 0 aliphatic carbocycles. The first-order chi connectivity index (χ1) is 13.7. The van der Waals surface area contributed by atoms with Crippen molar-refractivity contribution in [1.29, 1.82) is 0 Å². The lowest BCUT2D eigenvalue weighted by atomic mass is 10.1. The molecule has 6 nitrogen and oxygen atoms in total. The minimum Gasteiger partial charge on any atom is -0.496 e. The Hall–Kier alpha value is -2.73. The summed E-state index contributed by atoms with van der Waals surface area (Å²) in [6.07, 6.45) is 0.648. The molecule has 0 spiro atoms. The van der Waals surface area contributed by atoms with Crippen molar-refractivity contribution in [2.75, 3.05) is 39.9 Å². The predicted molar refractivity (Wildman–Crippen MR) is 108 cm³/mol. The van der Waals surface area contributed by atoms with Gasteiger partial charge in [-0.05, 0) is 36.7 Å². The second-order valence-corrected chi connectivity index (χ2v) is 6.74. The molecule has 6 heteroatoms. The van der Waals surface area contributed by atoms with E-state index in [4.69, 9.17) is 14.2 Å². The Morgan fingerprint density at radius 3 is 2.71 bits per heavy atom. The molecule has 1 amide bonds. The van der Waals surface area contributed by atoms with E-state index in [1.54, 1.807) is 7.11 Å². The van der Waals surface area contributed by atoms with E-state index in [1.807, 2.05) is 55.5 Å². The van der Waals surface area contributed by atoms with Crippen LogP contribution in [0.2, 0.25) is 0 Å². The first kappa shape index (κ1) is 20.0. The first-order valence-electron chi connectivity index (χ1n) is 9.69. The van der Waals surface area contributed by atoms with E-state index < -0.39 is 0 Å². The summed E-state index contributed by atoms with van der Waals surface area (Å²) in [4.78, 5) is 14.4. The Kier molecular flexibility index (Phi) is 7.14. The van der Waals surface area contributed by atoms with Crippen molar-refractivity contribution in [2.45, 2.75) is 19.4 Å². The van der Waals surface area contributed by atoms with E-state index in [0.29, 0.717) is 26.2 Å². The zero-order chi connectivity index (χ0) is 19.8. The molecule has 0 saturated heterocycles. The molecule has 0 fully saturated rings. The van der Waals surface area contributed by atoms with E-state index in [9.17, 15) is 4.79 Å². The van der Waals surface area contributed by atoms with Crippen LogP contribution >= 0.6 is 0 Å². The number of hydrogen-bond acceptors (Lipinski definition) is 5. The summed E-state index contributed by atoms with van der Waals surface area (Å²) < 4.78 is 17.1. The van der Waals surface area contributed by atoms with Crippen molar-refractivity contribution in [3.8, 4) is 17.2 Å². The van der Waals surface area contributed by atoms with Gasteiger partial charge in [-0.1, -0.05) is 37.3 Å². The van der Waals surface area contributed by atoms with Gasteiger partial charge in [-0.25, -0.2) is 0 Å². The van der Waals surface area contributed by atoms with Crippen molar-refractivity contribution in [2.24, 2.45) is 0 Å². The van der Waals surface area contributed by atoms with E-state index in [0.717, 1.165) is 35.8 Å². The van der Waals surface area contributed by atoms with Gasteiger partial charge >= 0.3 is 0 Å². The van der Waals surface area contributed by atoms with Gasteiger partial charge < -0.3 is 19.5 Å². The van der Waals surface area contributed by atoms with Gasteiger partial charge in [-0.15, -0.1) is 0 Å². The summed E-state index contributed by atoms with van der Waals surface area (Å²) in [5.41, 5.74) is 1.09. The van der Waals surface area contributed by atoms with Crippen LogP contribution < -0.4 is 19.5 Å². The quantitative estimate of drug-likeness (QED) is 0.720. The molecule has 150 valence electrons. The number of carbonyl (C=O) groups is 1. The van der Waals surface area contributed by atoms with E-state index in [-0.39, 0.29) is 12.0 Å². The van der Waals surface area contributed by atoms with Crippen LogP contribution in [0.4, 0.5) is 0 Å². The molecule has 2 aromatic carbocycles. The molecule has 0 bridgehead atoms. The number of methoxy groups -OCH3 is 1. The largest absolute Gasteiger partial charge is 0.496 e. The Morgan fingerprint density at radius 1 is 1.18 bits per heavy atom. The van der Waals surface area contributed by atoms with Gasteiger partial charge in [0.25, 0.3) is 0 Å². The summed E-state index contributed by atoms with van der Waals surface area (Å²) in [5, 5.41) is 2.99. The third kappa shape index (κ3) is 5.39. The number of para-hydroxylation sites is 3. The number of fused-ring (bicyclic) bond motifs is 1. The van der Waals surface area contributed by atoms with Crippen LogP contribution in [0, 0.1) is 0 Å². The van der Waals surface area contributed by atoms with Crippen LogP contribution in [0.15, 0.2) is 48.5 Å². The maximum Gasteiger partial charge on any atom is 0.234 e. The molecular weight excluding hydrogens is 356 g/mol. The summed E-state index contributed by atoms with van der Waals surface area (Å²) in [6.45, 7) is 4.85. The second-order valence-electron chi connectivity index (χ2n) is 6.74. The summed E-state index contributed by atoms with van der Waals surface area (Å²) in [5.74, 6) is 2.39. The molecule has 3 rings (SSSR count). The standard InChI is InChI=1S/C22H28N2O4/c1-3-24(14-18-16-27-20-10-6-7-11-21(20)28-18)15-22(25)23-13-12-17-8-4-5-9-19(17)26-2/h4-11,18H,3,12-16H2,1-2H3,(H,23,25). The number of carbonyl (C=O) groups excluding carboxylic acids is 1. The van der Waals surface area contributed by atoms with Gasteiger partial charge in [0.1, 0.15) is 18.5 Å². The normalized spacial score (nSPS) is 15.3. The molecule has 2 aromatic rings. The molecule has 1 heterocycles. The highest BCUT2D eigenvalue weighted by molar-refractivity contribution is 5.78. The Morgan fingerprint density at radius 2 is 1.93 bits per heavy atom. The summed E-state index contributed by atoms with van der Waals surface area (Å²) in [6, 6.07) is 15.5. The van der Waals surface area contributed by atoms with Crippen LogP contribution in [-0.2, 0) is 11.2 Å². The zero-order valence-electron chi connectivity index (χ0n) is 16.5. The maximum absolute atomic E-state index is 12.3. The molecule has 1 atom stereocenters. The lowest BCUT2D eigenvalue weighted by Gasteiger charge is -2.30. The topological polar surface area (TPSA) is 60.0 Å². The van der Waals surface area contributed by atoms with Crippen molar-refractivity contribution in [3.63, 3.8) is 0 Å². The fourth-order valence-electron chi connectivity index (χ4n) is 3.25. The maximum atomic E-state index is 12.3. The average molecular weight is 384 g/mol. The SMILES string of the molecule is CCN(CC(=O)NCCc1ccccc1OC)CC1COc2ccccc2O1. The van der Waals surface area contributed by atoms with E-state index >= 15 is 0 Å². The number of benzene rings is 2. The molecule has 0 aromatic heterocycles. The highest BCUT2D eigenvalue weighted by Crippen LogP contribution is 2.30. The third-order valence-corrected chi connectivity index (χ3v) is 4.75. The molecule has 0 radical (unpaired) electrons. The molecular formula is C22H28N2O4. The van der Waals surface area contributed by atoms with Gasteiger partial charge in [-0.3, -0.25) is 9.69 Å². The van der Waals surface area contributed by atoms with E-state index in [1.165, 1.54) is 0 Å². The van der Waals surface area contributed by atoms with Crippen LogP contribution in [0.3, 0.4) is 0 Å². The first-order valence-corrected chi connectivity index (χ1v) is 9.69. The number of amides is 1. The van der Waals surface area contributed by atoms with Gasteiger partial charge in [-0.2, -0.15) is 0 Å². The Balaban J connectivity index is 1.43. The highest BCUT2D eigenvalue weighted by Gasteiger charge is 2.23. The summed E-state index contributed by atoms with van der Waals surface area (Å²) in [7, 11) is 1.66. The number of ether oxygens (including phenoxy) is 3. The van der Waals surface area contributed by atoms with Crippen molar-refractivity contribution < 1.29 is 19.0 Å². The van der Waals surface area contributed by atoms with Crippen LogP contribution in [0.5, 0.6) is 17.2 Å². The van der Waals surface area contributed by atoms with Gasteiger partial charge in [0.05, 0.1) is 13.7 Å². The minimum absolute atomic E-state index is 0.00822. The third-order valence-electron chi connectivity index (χ3n) is 4.75. The van der Waals surface area contributed by atoms with E-state index in [2.05, 4.69) is 10.2 Å². The minimum atomic E-state index is -0.0868. The molecule has 0 saturated carbocycles.